The standard InChI is InChI=1S/C10H11BrF3NO/c1-6(10(12,13)14)16-9-3-2-8(11)4-7(9)5-15/h2-4,6H,5,15H2,1H3. The number of ether oxygens (including phenoxy) is 1. The normalized spacial score (nSPS) is 13.6. The molecule has 0 spiro atoms. The van der Waals surface area contributed by atoms with Gasteiger partial charge in [0.1, 0.15) is 5.75 Å². The molecule has 2 N–H and O–H groups in total. The third-order valence-electron chi connectivity index (χ3n) is 2.01. The van der Waals surface area contributed by atoms with Crippen LogP contribution in [0.1, 0.15) is 12.5 Å². The van der Waals surface area contributed by atoms with E-state index in [1.165, 1.54) is 6.07 Å². The first-order valence-corrected chi connectivity index (χ1v) is 5.35. The molecule has 1 aromatic carbocycles. The fraction of sp³-hybridized carbons (Fsp3) is 0.400. The molecule has 0 saturated heterocycles. The molecular weight excluding hydrogens is 287 g/mol. The molecule has 90 valence electrons. The number of halogens is 4. The van der Waals surface area contributed by atoms with Gasteiger partial charge in [-0.05, 0) is 25.1 Å². The van der Waals surface area contributed by atoms with Crippen LogP contribution in [0.15, 0.2) is 22.7 Å². The summed E-state index contributed by atoms with van der Waals surface area (Å²) in [5.74, 6) is 0.163. The summed E-state index contributed by atoms with van der Waals surface area (Å²) in [6, 6.07) is 4.71. The summed E-state index contributed by atoms with van der Waals surface area (Å²) >= 11 is 3.21. The highest BCUT2D eigenvalue weighted by Crippen LogP contribution is 2.28. The Morgan fingerprint density at radius 1 is 1.44 bits per heavy atom. The van der Waals surface area contributed by atoms with Crippen LogP contribution >= 0.6 is 15.9 Å². The maximum atomic E-state index is 12.3. The van der Waals surface area contributed by atoms with E-state index in [1.807, 2.05) is 0 Å². The molecule has 0 heterocycles. The van der Waals surface area contributed by atoms with E-state index in [0.717, 1.165) is 11.4 Å². The number of nitrogens with two attached hydrogens (primary N) is 1. The second-order valence-electron chi connectivity index (χ2n) is 3.26. The van der Waals surface area contributed by atoms with E-state index in [1.54, 1.807) is 12.1 Å². The number of hydrogen-bond donors (Lipinski definition) is 1. The van der Waals surface area contributed by atoms with Crippen LogP contribution < -0.4 is 10.5 Å². The molecule has 0 aliphatic rings. The Balaban J connectivity index is 2.89. The van der Waals surface area contributed by atoms with Crippen molar-refractivity contribution in [2.24, 2.45) is 5.73 Å². The summed E-state index contributed by atoms with van der Waals surface area (Å²) in [5, 5.41) is 0. The van der Waals surface area contributed by atoms with Gasteiger partial charge in [-0.25, -0.2) is 0 Å². The Bertz CT molecular complexity index is 368. The van der Waals surface area contributed by atoms with Gasteiger partial charge in [-0.15, -0.1) is 0 Å². The molecule has 0 aromatic heterocycles. The topological polar surface area (TPSA) is 35.2 Å². The number of alkyl halides is 3. The van der Waals surface area contributed by atoms with E-state index in [4.69, 9.17) is 10.5 Å². The van der Waals surface area contributed by atoms with Gasteiger partial charge in [-0.1, -0.05) is 15.9 Å². The van der Waals surface area contributed by atoms with Crippen LogP contribution in [0.25, 0.3) is 0 Å². The number of benzene rings is 1. The van der Waals surface area contributed by atoms with Crippen molar-refractivity contribution in [3.63, 3.8) is 0 Å². The van der Waals surface area contributed by atoms with Gasteiger partial charge in [0.05, 0.1) is 0 Å². The summed E-state index contributed by atoms with van der Waals surface area (Å²) in [4.78, 5) is 0. The largest absolute Gasteiger partial charge is 0.481 e. The smallest absolute Gasteiger partial charge is 0.425 e. The summed E-state index contributed by atoms with van der Waals surface area (Å²) in [6.07, 6.45) is -6.22. The number of hydrogen-bond acceptors (Lipinski definition) is 2. The lowest BCUT2D eigenvalue weighted by Crippen LogP contribution is -2.31. The molecule has 0 aliphatic heterocycles. The second-order valence-corrected chi connectivity index (χ2v) is 4.17. The van der Waals surface area contributed by atoms with Gasteiger partial charge in [-0.3, -0.25) is 0 Å². The Hall–Kier alpha value is -0.750. The molecule has 1 unspecified atom stereocenters. The molecule has 0 bridgehead atoms. The third-order valence-corrected chi connectivity index (χ3v) is 2.50. The predicted molar refractivity (Wildman–Crippen MR) is 58.2 cm³/mol. The molecule has 0 radical (unpaired) electrons. The Morgan fingerprint density at radius 3 is 2.56 bits per heavy atom. The highest BCUT2D eigenvalue weighted by atomic mass is 79.9. The highest BCUT2D eigenvalue weighted by Gasteiger charge is 2.38. The lowest BCUT2D eigenvalue weighted by Gasteiger charge is -2.19. The predicted octanol–water partition coefficient (Wildman–Crippen LogP) is 3.24. The zero-order chi connectivity index (χ0) is 12.3. The molecule has 1 rings (SSSR count). The highest BCUT2D eigenvalue weighted by molar-refractivity contribution is 9.10. The minimum atomic E-state index is -4.38. The van der Waals surface area contributed by atoms with Crippen LogP contribution in [0.3, 0.4) is 0 Å². The number of rotatable bonds is 3. The summed E-state index contributed by atoms with van der Waals surface area (Å²) in [6.45, 7) is 1.09. The molecular formula is C10H11BrF3NO. The van der Waals surface area contributed by atoms with Gasteiger partial charge in [0, 0.05) is 16.6 Å². The fourth-order valence-electron chi connectivity index (χ4n) is 1.08. The molecule has 0 amide bonds. The maximum absolute atomic E-state index is 12.3. The van der Waals surface area contributed by atoms with E-state index in [0.29, 0.717) is 5.56 Å². The van der Waals surface area contributed by atoms with Crippen molar-refractivity contribution in [1.29, 1.82) is 0 Å². The molecule has 16 heavy (non-hydrogen) atoms. The van der Waals surface area contributed by atoms with E-state index in [2.05, 4.69) is 15.9 Å². The van der Waals surface area contributed by atoms with Crippen molar-refractivity contribution in [3.8, 4) is 5.75 Å². The first-order valence-electron chi connectivity index (χ1n) is 4.56. The minimum Gasteiger partial charge on any atom is -0.481 e. The van der Waals surface area contributed by atoms with E-state index < -0.39 is 12.3 Å². The molecule has 2 nitrogen and oxygen atoms in total. The molecule has 1 atom stereocenters. The summed E-state index contributed by atoms with van der Waals surface area (Å²) in [7, 11) is 0. The lowest BCUT2D eigenvalue weighted by molar-refractivity contribution is -0.189. The second kappa shape index (κ2) is 5.05. The Labute approximate surface area is 99.7 Å². The molecule has 6 heteroatoms. The van der Waals surface area contributed by atoms with E-state index in [-0.39, 0.29) is 12.3 Å². The Kier molecular flexibility index (Phi) is 4.21. The third kappa shape index (κ3) is 3.38. The first-order chi connectivity index (χ1) is 7.34. The first kappa shape index (κ1) is 13.3. The average molecular weight is 298 g/mol. The van der Waals surface area contributed by atoms with Crippen molar-refractivity contribution in [3.05, 3.63) is 28.2 Å². The molecule has 0 aliphatic carbocycles. The van der Waals surface area contributed by atoms with Crippen molar-refractivity contribution < 1.29 is 17.9 Å². The maximum Gasteiger partial charge on any atom is 0.425 e. The Morgan fingerprint density at radius 2 is 2.06 bits per heavy atom. The zero-order valence-corrected chi connectivity index (χ0v) is 10.1. The van der Waals surface area contributed by atoms with Crippen molar-refractivity contribution in [1.82, 2.24) is 0 Å². The SMILES string of the molecule is CC(Oc1ccc(Br)cc1CN)C(F)(F)F. The van der Waals surface area contributed by atoms with Gasteiger partial charge in [0.2, 0.25) is 0 Å². The van der Waals surface area contributed by atoms with Gasteiger partial charge < -0.3 is 10.5 Å². The molecule has 0 fully saturated rings. The van der Waals surface area contributed by atoms with Crippen LogP contribution in [-0.2, 0) is 6.54 Å². The molecule has 1 aromatic rings. The summed E-state index contributed by atoms with van der Waals surface area (Å²) in [5.41, 5.74) is 5.96. The zero-order valence-electron chi connectivity index (χ0n) is 8.51. The average Bonchev–Trinajstić information content (AvgIpc) is 2.19. The van der Waals surface area contributed by atoms with Crippen LogP contribution in [-0.4, -0.2) is 12.3 Å². The van der Waals surface area contributed by atoms with Crippen molar-refractivity contribution in [2.45, 2.75) is 25.7 Å². The van der Waals surface area contributed by atoms with Crippen LogP contribution in [0.2, 0.25) is 0 Å². The van der Waals surface area contributed by atoms with Crippen molar-refractivity contribution >= 4 is 15.9 Å². The lowest BCUT2D eigenvalue weighted by atomic mass is 10.2. The van der Waals surface area contributed by atoms with Crippen molar-refractivity contribution in [2.75, 3.05) is 0 Å². The fourth-order valence-corrected chi connectivity index (χ4v) is 1.49. The van der Waals surface area contributed by atoms with Crippen LogP contribution in [0, 0.1) is 0 Å². The van der Waals surface area contributed by atoms with Crippen LogP contribution in [0.5, 0.6) is 5.75 Å². The summed E-state index contributed by atoms with van der Waals surface area (Å²) < 4.78 is 42.4. The molecule has 0 saturated carbocycles. The quantitative estimate of drug-likeness (QED) is 0.929. The van der Waals surface area contributed by atoms with E-state index in [9.17, 15) is 13.2 Å². The monoisotopic (exact) mass is 297 g/mol. The van der Waals surface area contributed by atoms with Gasteiger partial charge >= 0.3 is 6.18 Å². The van der Waals surface area contributed by atoms with E-state index >= 15 is 0 Å². The van der Waals surface area contributed by atoms with Gasteiger partial charge in [0.25, 0.3) is 0 Å². The van der Waals surface area contributed by atoms with Crippen LogP contribution in [0.4, 0.5) is 13.2 Å². The minimum absolute atomic E-state index is 0.124. The van der Waals surface area contributed by atoms with Gasteiger partial charge in [0.15, 0.2) is 6.10 Å². The van der Waals surface area contributed by atoms with Gasteiger partial charge in [-0.2, -0.15) is 13.2 Å².